The molecule has 0 atom stereocenters. The third-order valence-electron chi connectivity index (χ3n) is 4.99. The fourth-order valence-electron chi connectivity index (χ4n) is 3.54. The van der Waals surface area contributed by atoms with Crippen molar-refractivity contribution in [3.05, 3.63) is 78.2 Å². The van der Waals surface area contributed by atoms with E-state index in [0.717, 1.165) is 23.3 Å². The summed E-state index contributed by atoms with van der Waals surface area (Å²) in [6.45, 7) is 0. The molecule has 0 spiro atoms. The fourth-order valence-corrected chi connectivity index (χ4v) is 4.02. The van der Waals surface area contributed by atoms with E-state index in [1.54, 1.807) is 25.6 Å². The Bertz CT molecular complexity index is 1370. The number of nitrogens with one attached hydrogen (secondary N) is 1. The molecular weight excluding hydrogens is 455 g/mol. The van der Waals surface area contributed by atoms with Crippen molar-refractivity contribution in [3.63, 3.8) is 0 Å². The molecule has 6 nitrogen and oxygen atoms in total. The highest BCUT2D eigenvalue weighted by Gasteiger charge is 2.31. The minimum atomic E-state index is -4.62. The molecule has 10 heteroatoms. The van der Waals surface area contributed by atoms with Crippen LogP contribution in [0.5, 0.6) is 5.75 Å². The molecule has 0 unspecified atom stereocenters. The van der Waals surface area contributed by atoms with Crippen LogP contribution in [0.3, 0.4) is 0 Å². The van der Waals surface area contributed by atoms with Gasteiger partial charge in [0.05, 0.1) is 30.3 Å². The van der Waals surface area contributed by atoms with Crippen LogP contribution in [-0.2, 0) is 22.6 Å². The van der Waals surface area contributed by atoms with Crippen molar-refractivity contribution >= 4 is 10.7 Å². The van der Waals surface area contributed by atoms with Gasteiger partial charge in [-0.25, -0.2) is 13.4 Å². The average molecular weight is 473 g/mol. The predicted octanol–water partition coefficient (Wildman–Crippen LogP) is 4.94. The van der Waals surface area contributed by atoms with Crippen LogP contribution in [0.25, 0.3) is 33.8 Å². The van der Waals surface area contributed by atoms with Crippen LogP contribution in [0.2, 0.25) is 0 Å². The van der Waals surface area contributed by atoms with Gasteiger partial charge >= 0.3 is 6.18 Å². The SMILES string of the molecule is COc1ccccc1-c1ccncc1-c1ncc(-c2cc(C[SH](=O)=O)cc(C(F)(F)F)c2)[nH]1. The van der Waals surface area contributed by atoms with Gasteiger partial charge in [0, 0.05) is 29.1 Å². The lowest BCUT2D eigenvalue weighted by atomic mass is 10.0. The van der Waals surface area contributed by atoms with Gasteiger partial charge in [-0.05, 0) is 41.5 Å². The summed E-state index contributed by atoms with van der Waals surface area (Å²) in [5.74, 6) is 0.548. The Hall–Kier alpha value is -3.66. The molecule has 0 aliphatic rings. The van der Waals surface area contributed by atoms with Crippen LogP contribution in [0.15, 0.2) is 67.1 Å². The molecule has 33 heavy (non-hydrogen) atoms. The maximum absolute atomic E-state index is 13.4. The third-order valence-corrected chi connectivity index (χ3v) is 5.62. The predicted molar refractivity (Wildman–Crippen MR) is 118 cm³/mol. The number of rotatable bonds is 6. The molecule has 2 heterocycles. The minimum absolute atomic E-state index is 0.0446. The molecule has 0 saturated heterocycles. The lowest BCUT2D eigenvalue weighted by Crippen LogP contribution is -2.06. The maximum atomic E-state index is 13.4. The molecule has 0 bridgehead atoms. The minimum Gasteiger partial charge on any atom is -0.496 e. The zero-order valence-corrected chi connectivity index (χ0v) is 18.2. The first-order chi connectivity index (χ1) is 15.8. The Morgan fingerprint density at radius 1 is 1.00 bits per heavy atom. The number of alkyl halides is 3. The van der Waals surface area contributed by atoms with Crippen LogP contribution in [0.1, 0.15) is 11.1 Å². The van der Waals surface area contributed by atoms with Crippen molar-refractivity contribution < 1.29 is 26.3 Å². The van der Waals surface area contributed by atoms with Crippen LogP contribution < -0.4 is 4.74 Å². The smallest absolute Gasteiger partial charge is 0.416 e. The van der Waals surface area contributed by atoms with Crippen molar-refractivity contribution in [2.75, 3.05) is 7.11 Å². The van der Waals surface area contributed by atoms with Gasteiger partial charge in [-0.2, -0.15) is 13.2 Å². The van der Waals surface area contributed by atoms with Crippen molar-refractivity contribution in [2.24, 2.45) is 0 Å². The number of imidazole rings is 1. The van der Waals surface area contributed by atoms with Crippen LogP contribution >= 0.6 is 0 Å². The standard InChI is InChI=1S/C23H18F3N3O3S/c1-32-21-5-3-2-4-18(21)17-6-7-27-11-19(17)22-28-12-20(29-22)15-8-14(13-33(30)31)9-16(10-15)23(24,25)26/h2-12,33H,13H2,1H3,(H,28,29). The van der Waals surface area contributed by atoms with Crippen molar-refractivity contribution in [1.29, 1.82) is 0 Å². The lowest BCUT2D eigenvalue weighted by Gasteiger charge is -2.12. The van der Waals surface area contributed by atoms with Gasteiger partial charge in [0.1, 0.15) is 22.3 Å². The summed E-state index contributed by atoms with van der Waals surface area (Å²) < 4.78 is 67.8. The van der Waals surface area contributed by atoms with Gasteiger partial charge in [-0.3, -0.25) is 4.98 Å². The number of pyridine rings is 1. The quantitative estimate of drug-likeness (QED) is 0.388. The molecule has 0 radical (unpaired) electrons. The lowest BCUT2D eigenvalue weighted by molar-refractivity contribution is -0.137. The number of thiol groups is 1. The summed E-state index contributed by atoms with van der Waals surface area (Å²) in [6, 6.07) is 12.4. The van der Waals surface area contributed by atoms with E-state index in [1.165, 1.54) is 12.3 Å². The topological polar surface area (TPSA) is 84.9 Å². The third kappa shape index (κ3) is 4.90. The van der Waals surface area contributed by atoms with E-state index >= 15 is 0 Å². The zero-order valence-electron chi connectivity index (χ0n) is 17.3. The number of aromatic nitrogens is 3. The normalized spacial score (nSPS) is 11.7. The number of halogens is 3. The molecule has 0 saturated carbocycles. The van der Waals surface area contributed by atoms with Crippen LogP contribution in [-0.4, -0.2) is 30.5 Å². The molecule has 1 N–H and O–H groups in total. The first-order valence-electron chi connectivity index (χ1n) is 9.72. The van der Waals surface area contributed by atoms with Crippen LogP contribution in [0.4, 0.5) is 13.2 Å². The summed E-state index contributed by atoms with van der Waals surface area (Å²) in [6.07, 6.45) is 0.00957. The van der Waals surface area contributed by atoms with Crippen molar-refractivity contribution in [3.8, 4) is 39.5 Å². The first-order valence-corrected chi connectivity index (χ1v) is 11.1. The Morgan fingerprint density at radius 3 is 2.52 bits per heavy atom. The highest BCUT2D eigenvalue weighted by molar-refractivity contribution is 7.71. The number of para-hydroxylation sites is 1. The van der Waals surface area contributed by atoms with Crippen molar-refractivity contribution in [1.82, 2.24) is 15.0 Å². The first kappa shape index (κ1) is 22.5. The summed E-state index contributed by atoms with van der Waals surface area (Å²) >= 11 is 0. The molecule has 170 valence electrons. The Morgan fingerprint density at radius 2 is 1.79 bits per heavy atom. The summed E-state index contributed by atoms with van der Waals surface area (Å²) in [4.78, 5) is 11.6. The van der Waals surface area contributed by atoms with E-state index in [9.17, 15) is 21.6 Å². The fraction of sp³-hybridized carbons (Fsp3) is 0.130. The number of benzene rings is 2. The molecule has 2 aromatic carbocycles. The van der Waals surface area contributed by atoms with Crippen molar-refractivity contribution in [2.45, 2.75) is 11.9 Å². The second-order valence-electron chi connectivity index (χ2n) is 7.17. The second kappa shape index (κ2) is 9.07. The second-order valence-corrected chi connectivity index (χ2v) is 8.16. The van der Waals surface area contributed by atoms with E-state index in [4.69, 9.17) is 4.74 Å². The highest BCUT2D eigenvalue weighted by atomic mass is 32.2. The maximum Gasteiger partial charge on any atom is 0.416 e. The summed E-state index contributed by atoms with van der Waals surface area (Å²) in [5, 5.41) is 0. The zero-order chi connectivity index (χ0) is 23.6. The molecular formula is C23H18F3N3O3S. The molecule has 0 amide bonds. The van der Waals surface area contributed by atoms with Crippen LogP contribution in [0, 0.1) is 0 Å². The molecule has 2 aromatic heterocycles. The van der Waals surface area contributed by atoms with Gasteiger partial charge in [-0.1, -0.05) is 18.2 Å². The highest BCUT2D eigenvalue weighted by Crippen LogP contribution is 2.37. The van der Waals surface area contributed by atoms with E-state index in [-0.39, 0.29) is 11.1 Å². The van der Waals surface area contributed by atoms with Gasteiger partial charge < -0.3 is 9.72 Å². The summed E-state index contributed by atoms with van der Waals surface area (Å²) in [7, 11) is -1.32. The molecule has 0 aliphatic heterocycles. The van der Waals surface area contributed by atoms with Gasteiger partial charge in [0.2, 0.25) is 0 Å². The molecule has 4 rings (SSSR count). The number of hydrogen-bond acceptors (Lipinski definition) is 5. The van der Waals surface area contributed by atoms with E-state index in [0.29, 0.717) is 22.8 Å². The number of methoxy groups -OCH3 is 1. The largest absolute Gasteiger partial charge is 0.496 e. The van der Waals surface area contributed by atoms with E-state index in [1.807, 2.05) is 24.3 Å². The van der Waals surface area contributed by atoms with E-state index in [2.05, 4.69) is 15.0 Å². The number of nitrogens with zero attached hydrogens (tertiary/aromatic N) is 2. The Kier molecular flexibility index (Phi) is 6.19. The summed E-state index contributed by atoms with van der Waals surface area (Å²) in [5.41, 5.74) is 1.81. The number of H-pyrrole nitrogens is 1. The number of hydrogen-bond donors (Lipinski definition) is 2. The monoisotopic (exact) mass is 473 g/mol. The van der Waals surface area contributed by atoms with Gasteiger partial charge in [0.25, 0.3) is 0 Å². The Labute approximate surface area is 189 Å². The number of ether oxygens (including phenoxy) is 1. The molecule has 4 aromatic rings. The molecule has 0 fully saturated rings. The Balaban J connectivity index is 1.80. The average Bonchev–Trinajstić information content (AvgIpc) is 3.28. The van der Waals surface area contributed by atoms with E-state index < -0.39 is 28.2 Å². The van der Waals surface area contributed by atoms with Gasteiger partial charge in [0.15, 0.2) is 0 Å². The van der Waals surface area contributed by atoms with Gasteiger partial charge in [-0.15, -0.1) is 0 Å². The number of aromatic amines is 1. The molecule has 0 aliphatic carbocycles.